The van der Waals surface area contributed by atoms with E-state index in [9.17, 15) is 24.3 Å². The summed E-state index contributed by atoms with van der Waals surface area (Å²) in [7, 11) is 0. The lowest BCUT2D eigenvalue weighted by Crippen LogP contribution is -2.47. The SMILES string of the molecule is CC1=CC(=O)C2=C(C[C@@H]3C(=CC[C@@H]4C(=O)N(C5CCN(Cc6ccccc6)CC5)C(=O)[C@@H]43)[C@@H]2c2cccc(C)c2O)C1=O. The zero-order valence-electron chi connectivity index (χ0n) is 24.6. The van der Waals surface area contributed by atoms with Gasteiger partial charge >= 0.3 is 0 Å². The number of allylic oxidation sites excluding steroid dienone is 6. The minimum absolute atomic E-state index is 0.0901. The Bertz CT molecular complexity index is 1640. The van der Waals surface area contributed by atoms with Crippen LogP contribution < -0.4 is 0 Å². The highest BCUT2D eigenvalue weighted by Gasteiger charge is 2.57. The number of phenolic OH excluding ortho intramolecular Hbond substituents is 1. The third-order valence-corrected chi connectivity index (χ3v) is 10.3. The first-order valence-electron chi connectivity index (χ1n) is 15.4. The fraction of sp³-hybridized carbons (Fsp3) is 0.389. The van der Waals surface area contributed by atoms with Gasteiger partial charge in [-0.3, -0.25) is 29.0 Å². The van der Waals surface area contributed by atoms with Crippen LogP contribution in [-0.2, 0) is 25.7 Å². The van der Waals surface area contributed by atoms with Crippen LogP contribution in [0.1, 0.15) is 55.2 Å². The van der Waals surface area contributed by atoms with Crippen molar-refractivity contribution in [3.05, 3.63) is 99.7 Å². The minimum Gasteiger partial charge on any atom is -0.507 e. The summed E-state index contributed by atoms with van der Waals surface area (Å²) >= 11 is 0. The van der Waals surface area contributed by atoms with Crippen LogP contribution in [0.4, 0.5) is 0 Å². The minimum atomic E-state index is -0.631. The Labute approximate surface area is 251 Å². The van der Waals surface area contributed by atoms with Crippen LogP contribution in [0, 0.1) is 24.7 Å². The Balaban J connectivity index is 1.19. The molecular formula is C36H36N2O5. The molecule has 220 valence electrons. The van der Waals surface area contributed by atoms with E-state index in [0.717, 1.165) is 38.0 Å². The Hall–Kier alpha value is -4.10. The topological polar surface area (TPSA) is 95.0 Å². The van der Waals surface area contributed by atoms with E-state index in [2.05, 4.69) is 17.0 Å². The van der Waals surface area contributed by atoms with Gasteiger partial charge in [-0.1, -0.05) is 60.2 Å². The van der Waals surface area contributed by atoms with Crippen LogP contribution in [0.3, 0.4) is 0 Å². The van der Waals surface area contributed by atoms with Gasteiger partial charge in [0.25, 0.3) is 0 Å². The fourth-order valence-corrected chi connectivity index (χ4v) is 8.21. The number of carbonyl (C=O) groups is 4. The predicted molar refractivity (Wildman–Crippen MR) is 161 cm³/mol. The molecule has 7 rings (SSSR count). The maximum absolute atomic E-state index is 14.2. The van der Waals surface area contributed by atoms with Gasteiger partial charge in [-0.25, -0.2) is 0 Å². The van der Waals surface area contributed by atoms with Gasteiger partial charge in [-0.15, -0.1) is 0 Å². The number of Topliss-reactive ketones (excluding diaryl/α,β-unsaturated/α-hetero) is 1. The molecule has 0 bridgehead atoms. The van der Waals surface area contributed by atoms with Crippen molar-refractivity contribution in [3.63, 3.8) is 0 Å². The molecule has 43 heavy (non-hydrogen) atoms. The maximum atomic E-state index is 14.2. The van der Waals surface area contributed by atoms with Gasteiger partial charge in [0.15, 0.2) is 11.6 Å². The van der Waals surface area contributed by atoms with Gasteiger partial charge in [-0.05, 0) is 62.7 Å². The van der Waals surface area contributed by atoms with E-state index < -0.39 is 17.8 Å². The zero-order valence-corrected chi connectivity index (χ0v) is 24.6. The third kappa shape index (κ3) is 4.44. The zero-order chi connectivity index (χ0) is 30.0. The number of likely N-dealkylation sites (tertiary alicyclic amines) is 2. The summed E-state index contributed by atoms with van der Waals surface area (Å²) in [5.41, 5.74) is 4.57. The first kappa shape index (κ1) is 27.7. The molecule has 0 unspecified atom stereocenters. The molecule has 0 saturated carbocycles. The molecule has 2 aromatic rings. The first-order chi connectivity index (χ1) is 20.7. The van der Waals surface area contributed by atoms with E-state index in [-0.39, 0.29) is 47.5 Å². The number of ketones is 2. The molecule has 1 N–H and O–H groups in total. The molecule has 4 atom stereocenters. The normalized spacial score (nSPS) is 28.0. The second kappa shape index (κ2) is 10.6. The fourth-order valence-electron chi connectivity index (χ4n) is 8.21. The van der Waals surface area contributed by atoms with Crippen LogP contribution in [0.25, 0.3) is 0 Å². The molecule has 2 aromatic carbocycles. The number of rotatable bonds is 4. The first-order valence-corrected chi connectivity index (χ1v) is 15.4. The Morgan fingerprint density at radius 1 is 0.884 bits per heavy atom. The molecule has 2 fully saturated rings. The van der Waals surface area contributed by atoms with E-state index in [1.165, 1.54) is 11.6 Å². The van der Waals surface area contributed by atoms with Crippen LogP contribution in [0.2, 0.25) is 0 Å². The standard InChI is InChI=1S/C36H36N2O5/c1-20-7-6-10-25(33(20)40)30-24-11-12-26-31(27(24)18-28-32(30)29(39)17-21(2)34(28)41)36(43)38(35(26)42)23-13-15-37(16-14-23)19-22-8-4-3-5-9-22/h3-11,17,23,26-27,30-31,40H,12-16,18-19H2,1-2H3/t26-,27+,30+,31-/m0/s1. The van der Waals surface area contributed by atoms with E-state index in [1.54, 1.807) is 30.9 Å². The molecule has 2 aliphatic heterocycles. The molecule has 0 spiro atoms. The number of aromatic hydroxyl groups is 1. The number of benzene rings is 2. The monoisotopic (exact) mass is 576 g/mol. The largest absolute Gasteiger partial charge is 0.507 e. The van der Waals surface area contributed by atoms with E-state index in [4.69, 9.17) is 0 Å². The van der Waals surface area contributed by atoms with Crippen LogP contribution >= 0.6 is 0 Å². The van der Waals surface area contributed by atoms with Crippen molar-refractivity contribution < 1.29 is 24.3 Å². The highest BCUT2D eigenvalue weighted by atomic mass is 16.3. The van der Waals surface area contributed by atoms with Crippen molar-refractivity contribution in [2.45, 2.75) is 58.0 Å². The van der Waals surface area contributed by atoms with E-state index in [0.29, 0.717) is 34.3 Å². The number of piperidine rings is 1. The maximum Gasteiger partial charge on any atom is 0.233 e. The highest BCUT2D eigenvalue weighted by molar-refractivity contribution is 6.23. The van der Waals surface area contributed by atoms with Crippen molar-refractivity contribution in [3.8, 4) is 5.75 Å². The van der Waals surface area contributed by atoms with Gasteiger partial charge in [-0.2, -0.15) is 0 Å². The summed E-state index contributed by atoms with van der Waals surface area (Å²) in [6.07, 6.45) is 5.55. The molecule has 5 aliphatic rings. The molecule has 2 amide bonds. The molecule has 7 nitrogen and oxygen atoms in total. The summed E-state index contributed by atoms with van der Waals surface area (Å²) in [5.74, 6) is -2.64. The summed E-state index contributed by atoms with van der Waals surface area (Å²) in [4.78, 5) is 59.0. The number of hydrogen-bond acceptors (Lipinski definition) is 6. The number of fused-ring (bicyclic) bond motifs is 3. The van der Waals surface area contributed by atoms with Gasteiger partial charge in [0.2, 0.25) is 11.8 Å². The predicted octanol–water partition coefficient (Wildman–Crippen LogP) is 4.79. The Morgan fingerprint density at radius 3 is 2.37 bits per heavy atom. The lowest BCUT2D eigenvalue weighted by molar-refractivity contribution is -0.144. The van der Waals surface area contributed by atoms with Crippen LogP contribution in [0.15, 0.2) is 83.0 Å². The summed E-state index contributed by atoms with van der Waals surface area (Å²) in [5, 5.41) is 11.1. The summed E-state index contributed by atoms with van der Waals surface area (Å²) in [6, 6.07) is 15.6. The van der Waals surface area contributed by atoms with Gasteiger partial charge in [0.1, 0.15) is 5.75 Å². The third-order valence-electron chi connectivity index (χ3n) is 10.3. The molecule has 0 radical (unpaired) electrons. The number of hydrogen-bond donors (Lipinski definition) is 1. The van der Waals surface area contributed by atoms with Crippen molar-refractivity contribution in [1.82, 2.24) is 9.80 Å². The Morgan fingerprint density at radius 2 is 1.63 bits per heavy atom. The van der Waals surface area contributed by atoms with Crippen molar-refractivity contribution >= 4 is 23.4 Å². The lowest BCUT2D eigenvalue weighted by Gasteiger charge is -2.42. The number of nitrogens with zero attached hydrogens (tertiary/aromatic N) is 2. The summed E-state index contributed by atoms with van der Waals surface area (Å²) in [6.45, 7) is 5.92. The quantitative estimate of drug-likeness (QED) is 0.320. The number of phenols is 1. The van der Waals surface area contributed by atoms with Crippen molar-refractivity contribution in [2.75, 3.05) is 13.1 Å². The average Bonchev–Trinajstić information content (AvgIpc) is 3.27. The second-order valence-corrected chi connectivity index (χ2v) is 12.8. The van der Waals surface area contributed by atoms with Crippen molar-refractivity contribution in [2.24, 2.45) is 17.8 Å². The molecule has 2 saturated heterocycles. The molecule has 2 heterocycles. The second-order valence-electron chi connectivity index (χ2n) is 12.8. The molecule has 0 aromatic heterocycles. The van der Waals surface area contributed by atoms with Gasteiger partial charge in [0, 0.05) is 53.9 Å². The highest BCUT2D eigenvalue weighted by Crippen LogP contribution is 2.56. The Kier molecular flexibility index (Phi) is 6.81. The van der Waals surface area contributed by atoms with E-state index >= 15 is 0 Å². The van der Waals surface area contributed by atoms with E-state index in [1.807, 2.05) is 30.3 Å². The number of para-hydroxylation sites is 1. The average molecular weight is 577 g/mol. The smallest absolute Gasteiger partial charge is 0.233 e. The van der Waals surface area contributed by atoms with Crippen LogP contribution in [-0.4, -0.2) is 57.4 Å². The molecular weight excluding hydrogens is 540 g/mol. The summed E-state index contributed by atoms with van der Waals surface area (Å²) < 4.78 is 0. The lowest BCUT2D eigenvalue weighted by atomic mass is 9.59. The number of amides is 2. The molecule has 7 heteroatoms. The van der Waals surface area contributed by atoms with Crippen LogP contribution in [0.5, 0.6) is 5.75 Å². The number of imide groups is 1. The van der Waals surface area contributed by atoms with Crippen molar-refractivity contribution in [1.29, 1.82) is 0 Å². The van der Waals surface area contributed by atoms with Gasteiger partial charge < -0.3 is 5.11 Å². The molecule has 3 aliphatic carbocycles. The number of aryl methyl sites for hydroxylation is 1. The van der Waals surface area contributed by atoms with Gasteiger partial charge in [0.05, 0.1) is 11.8 Å². The number of carbonyl (C=O) groups excluding carboxylic acids is 4.